The normalized spacial score (nSPS) is 45.2. The van der Waals surface area contributed by atoms with E-state index in [1.54, 1.807) is 0 Å². The van der Waals surface area contributed by atoms with Crippen molar-refractivity contribution >= 4 is 0 Å². The van der Waals surface area contributed by atoms with Gasteiger partial charge in [0.15, 0.2) is 0 Å². The van der Waals surface area contributed by atoms with E-state index >= 15 is 0 Å². The van der Waals surface area contributed by atoms with Gasteiger partial charge in [-0.3, -0.25) is 0 Å². The highest BCUT2D eigenvalue weighted by molar-refractivity contribution is 5.09. The smallest absolute Gasteiger partial charge is 0.0468 e. The molecule has 0 spiro atoms. The first-order chi connectivity index (χ1) is 5.86. The number of hydrogen-bond acceptors (Lipinski definition) is 2. The second-order valence-corrected chi connectivity index (χ2v) is 3.98. The first kappa shape index (κ1) is 8.27. The SMILES string of the molecule is OCC1C2C=C[C@@H](CC2)[C@H]1CO. The average Bonchev–Trinajstić information content (AvgIpc) is 2.18. The molecule has 1 fully saturated rings. The van der Waals surface area contributed by atoms with E-state index in [1.807, 2.05) is 0 Å². The zero-order chi connectivity index (χ0) is 8.55. The van der Waals surface area contributed by atoms with Gasteiger partial charge >= 0.3 is 0 Å². The van der Waals surface area contributed by atoms with Crippen LogP contribution in [0.15, 0.2) is 12.2 Å². The van der Waals surface area contributed by atoms with E-state index in [4.69, 9.17) is 10.2 Å². The maximum absolute atomic E-state index is 9.17. The van der Waals surface area contributed by atoms with Crippen LogP contribution in [0.1, 0.15) is 12.8 Å². The van der Waals surface area contributed by atoms with Crippen molar-refractivity contribution in [3.63, 3.8) is 0 Å². The van der Waals surface area contributed by atoms with E-state index in [0.29, 0.717) is 23.7 Å². The summed E-state index contributed by atoms with van der Waals surface area (Å²) in [7, 11) is 0. The van der Waals surface area contributed by atoms with E-state index in [2.05, 4.69) is 12.2 Å². The molecule has 0 radical (unpaired) electrons. The Labute approximate surface area is 72.9 Å². The minimum Gasteiger partial charge on any atom is -0.396 e. The molecular weight excluding hydrogens is 152 g/mol. The molecule has 2 heteroatoms. The van der Waals surface area contributed by atoms with Gasteiger partial charge in [-0.05, 0) is 36.5 Å². The number of aliphatic hydroxyl groups excluding tert-OH is 2. The maximum atomic E-state index is 9.17. The summed E-state index contributed by atoms with van der Waals surface area (Å²) in [6.07, 6.45) is 6.84. The van der Waals surface area contributed by atoms with Gasteiger partial charge in [-0.15, -0.1) is 0 Å². The third-order valence-corrected chi connectivity index (χ3v) is 3.51. The molecular formula is C10H16O2. The Morgan fingerprint density at radius 2 is 1.33 bits per heavy atom. The Morgan fingerprint density at radius 1 is 0.917 bits per heavy atom. The van der Waals surface area contributed by atoms with Crippen LogP contribution in [0, 0.1) is 23.7 Å². The Kier molecular flexibility index (Phi) is 2.20. The van der Waals surface area contributed by atoms with Crippen molar-refractivity contribution in [2.45, 2.75) is 12.8 Å². The quantitative estimate of drug-likeness (QED) is 0.599. The van der Waals surface area contributed by atoms with Gasteiger partial charge in [-0.2, -0.15) is 0 Å². The van der Waals surface area contributed by atoms with Gasteiger partial charge in [0.25, 0.3) is 0 Å². The first-order valence-electron chi connectivity index (χ1n) is 4.77. The fraction of sp³-hybridized carbons (Fsp3) is 0.800. The Hall–Kier alpha value is -0.340. The molecule has 0 heterocycles. The van der Waals surface area contributed by atoms with E-state index in [1.165, 1.54) is 12.8 Å². The lowest BCUT2D eigenvalue weighted by molar-refractivity contribution is 0.0266. The molecule has 3 aliphatic carbocycles. The first-order valence-corrected chi connectivity index (χ1v) is 4.77. The molecule has 0 aromatic carbocycles. The van der Waals surface area contributed by atoms with Gasteiger partial charge in [0, 0.05) is 13.2 Å². The summed E-state index contributed by atoms with van der Waals surface area (Å²) in [5, 5.41) is 18.3. The lowest BCUT2D eigenvalue weighted by Gasteiger charge is -2.43. The Balaban J connectivity index is 2.18. The van der Waals surface area contributed by atoms with Crippen molar-refractivity contribution in [3.8, 4) is 0 Å². The van der Waals surface area contributed by atoms with E-state index in [-0.39, 0.29) is 13.2 Å². The average molecular weight is 168 g/mol. The highest BCUT2D eigenvalue weighted by atomic mass is 16.3. The highest BCUT2D eigenvalue weighted by Gasteiger charge is 2.39. The van der Waals surface area contributed by atoms with E-state index < -0.39 is 0 Å². The second-order valence-electron chi connectivity index (χ2n) is 3.98. The van der Waals surface area contributed by atoms with E-state index in [9.17, 15) is 0 Å². The van der Waals surface area contributed by atoms with Gasteiger partial charge in [0.1, 0.15) is 0 Å². The molecule has 0 saturated heterocycles. The molecule has 2 bridgehead atoms. The summed E-state index contributed by atoms with van der Waals surface area (Å²) < 4.78 is 0. The lowest BCUT2D eigenvalue weighted by Crippen LogP contribution is -2.40. The van der Waals surface area contributed by atoms with E-state index in [0.717, 1.165) is 0 Å². The molecule has 2 nitrogen and oxygen atoms in total. The van der Waals surface area contributed by atoms with Gasteiger partial charge < -0.3 is 10.2 Å². The Bertz CT molecular complexity index is 168. The molecule has 0 aromatic rings. The van der Waals surface area contributed by atoms with Crippen LogP contribution >= 0.6 is 0 Å². The topological polar surface area (TPSA) is 40.5 Å². The summed E-state index contributed by atoms with van der Waals surface area (Å²) in [4.78, 5) is 0. The van der Waals surface area contributed by atoms with Crippen LogP contribution in [0.5, 0.6) is 0 Å². The number of fused-ring (bicyclic) bond motifs is 2. The number of rotatable bonds is 2. The van der Waals surface area contributed by atoms with Crippen LogP contribution < -0.4 is 0 Å². The zero-order valence-corrected chi connectivity index (χ0v) is 7.19. The monoisotopic (exact) mass is 168 g/mol. The van der Waals surface area contributed by atoms with Crippen molar-refractivity contribution in [3.05, 3.63) is 12.2 Å². The molecule has 2 N–H and O–H groups in total. The van der Waals surface area contributed by atoms with Crippen LogP contribution in [0.25, 0.3) is 0 Å². The largest absolute Gasteiger partial charge is 0.396 e. The molecule has 4 atom stereocenters. The fourth-order valence-corrected chi connectivity index (χ4v) is 2.75. The predicted octanol–water partition coefficient (Wildman–Crippen LogP) is 0.799. The van der Waals surface area contributed by atoms with Crippen LogP contribution in [0.3, 0.4) is 0 Å². The van der Waals surface area contributed by atoms with Crippen LogP contribution in [-0.4, -0.2) is 23.4 Å². The third kappa shape index (κ3) is 1.10. The minimum atomic E-state index is 0.233. The fourth-order valence-electron chi connectivity index (χ4n) is 2.75. The molecule has 0 aliphatic heterocycles. The lowest BCUT2D eigenvalue weighted by atomic mass is 9.63. The molecule has 3 aliphatic rings. The van der Waals surface area contributed by atoms with Gasteiger partial charge in [0.2, 0.25) is 0 Å². The van der Waals surface area contributed by atoms with Crippen LogP contribution in [-0.2, 0) is 0 Å². The molecule has 0 amide bonds. The summed E-state index contributed by atoms with van der Waals surface area (Å²) in [6, 6.07) is 0. The number of hydrogen-bond donors (Lipinski definition) is 2. The van der Waals surface area contributed by atoms with Gasteiger partial charge in [-0.25, -0.2) is 0 Å². The van der Waals surface area contributed by atoms with Crippen LogP contribution in [0.4, 0.5) is 0 Å². The van der Waals surface area contributed by atoms with Crippen molar-refractivity contribution in [2.75, 3.05) is 13.2 Å². The summed E-state index contributed by atoms with van der Waals surface area (Å²) in [6.45, 7) is 0.466. The molecule has 3 rings (SSSR count). The summed E-state index contributed by atoms with van der Waals surface area (Å²) in [5.41, 5.74) is 0. The summed E-state index contributed by atoms with van der Waals surface area (Å²) >= 11 is 0. The summed E-state index contributed by atoms with van der Waals surface area (Å²) in [5.74, 6) is 1.69. The Morgan fingerprint density at radius 3 is 1.58 bits per heavy atom. The molecule has 1 saturated carbocycles. The highest BCUT2D eigenvalue weighted by Crippen LogP contribution is 2.44. The molecule has 68 valence electrons. The standard InChI is InChI=1S/C10H16O2/c11-5-9-7-1-2-8(4-3-7)10(9)6-12/h1-2,7-12H,3-6H2/t7-,8?,9+,10?/m0/s1. The van der Waals surface area contributed by atoms with Gasteiger partial charge in [-0.1, -0.05) is 12.2 Å². The maximum Gasteiger partial charge on any atom is 0.0468 e. The number of aliphatic hydroxyl groups is 2. The third-order valence-electron chi connectivity index (χ3n) is 3.51. The minimum absolute atomic E-state index is 0.233. The van der Waals surface area contributed by atoms with Crippen LogP contribution in [0.2, 0.25) is 0 Å². The predicted molar refractivity (Wildman–Crippen MR) is 46.5 cm³/mol. The second kappa shape index (κ2) is 3.19. The molecule has 2 unspecified atom stereocenters. The van der Waals surface area contributed by atoms with Crippen molar-refractivity contribution in [1.82, 2.24) is 0 Å². The van der Waals surface area contributed by atoms with Gasteiger partial charge in [0.05, 0.1) is 0 Å². The van der Waals surface area contributed by atoms with Crippen molar-refractivity contribution in [2.24, 2.45) is 23.7 Å². The molecule has 12 heavy (non-hydrogen) atoms. The zero-order valence-electron chi connectivity index (χ0n) is 7.19. The van der Waals surface area contributed by atoms with Crippen molar-refractivity contribution < 1.29 is 10.2 Å². The van der Waals surface area contributed by atoms with Crippen molar-refractivity contribution in [1.29, 1.82) is 0 Å². The molecule has 0 aromatic heterocycles. The number of allylic oxidation sites excluding steroid dienone is 2.